The third-order valence-corrected chi connectivity index (χ3v) is 5.58. The van der Waals surface area contributed by atoms with Crippen molar-refractivity contribution in [3.05, 3.63) is 29.8 Å². The molecule has 156 valence electrons. The van der Waals surface area contributed by atoms with Gasteiger partial charge in [-0.15, -0.1) is 0 Å². The van der Waals surface area contributed by atoms with Gasteiger partial charge in [0.15, 0.2) is 0 Å². The molecule has 2 heterocycles. The van der Waals surface area contributed by atoms with Crippen LogP contribution < -0.4 is 5.32 Å². The van der Waals surface area contributed by atoms with E-state index in [-0.39, 0.29) is 24.1 Å². The zero-order chi connectivity index (χ0) is 20.6. The van der Waals surface area contributed by atoms with Gasteiger partial charge in [0.1, 0.15) is 5.69 Å². The highest BCUT2D eigenvalue weighted by Crippen LogP contribution is 2.31. The van der Waals surface area contributed by atoms with Crippen molar-refractivity contribution in [1.29, 1.82) is 0 Å². The minimum Gasteiger partial charge on any atom is -0.481 e. The lowest BCUT2D eigenvalue weighted by molar-refractivity contribution is -0.137. The fraction of sp³-hybridized carbons (Fsp3) is 0.571. The van der Waals surface area contributed by atoms with E-state index in [2.05, 4.69) is 20.4 Å². The summed E-state index contributed by atoms with van der Waals surface area (Å²) < 4.78 is 5.39. The van der Waals surface area contributed by atoms with Gasteiger partial charge < -0.3 is 14.9 Å². The second-order valence-electron chi connectivity index (χ2n) is 7.69. The van der Waals surface area contributed by atoms with Gasteiger partial charge in [0.25, 0.3) is 5.91 Å². The molecular formula is C21H28N4O4. The van der Waals surface area contributed by atoms with Crippen LogP contribution in [0.15, 0.2) is 22.9 Å². The summed E-state index contributed by atoms with van der Waals surface area (Å²) in [6.45, 7) is 0. The van der Waals surface area contributed by atoms with Gasteiger partial charge in [-0.2, -0.15) is 4.98 Å². The van der Waals surface area contributed by atoms with E-state index in [0.717, 1.165) is 18.8 Å². The maximum absolute atomic E-state index is 11.8. The molecule has 1 aliphatic carbocycles. The minimum absolute atomic E-state index is 0.0436. The summed E-state index contributed by atoms with van der Waals surface area (Å²) in [6.07, 6.45) is 10.7. The Kier molecular flexibility index (Phi) is 7.32. The monoisotopic (exact) mass is 400 g/mol. The number of carbonyl (C=O) groups is 2. The second kappa shape index (κ2) is 10.1. The fourth-order valence-electron chi connectivity index (χ4n) is 4.00. The molecule has 3 rings (SSSR count). The van der Waals surface area contributed by atoms with Crippen molar-refractivity contribution in [3.63, 3.8) is 0 Å². The van der Waals surface area contributed by atoms with E-state index in [4.69, 9.17) is 4.52 Å². The van der Waals surface area contributed by atoms with E-state index in [1.54, 1.807) is 19.2 Å². The average molecular weight is 400 g/mol. The molecule has 1 amide bonds. The normalized spacial score (nSPS) is 15.8. The predicted octanol–water partition coefficient (Wildman–Crippen LogP) is 3.80. The van der Waals surface area contributed by atoms with E-state index >= 15 is 0 Å². The number of aliphatic carboxylic acids is 1. The van der Waals surface area contributed by atoms with Crippen molar-refractivity contribution in [2.24, 2.45) is 5.92 Å². The van der Waals surface area contributed by atoms with Gasteiger partial charge in [-0.3, -0.25) is 14.6 Å². The molecule has 1 atom stereocenters. The Balaban J connectivity index is 1.68. The molecular weight excluding hydrogens is 372 g/mol. The molecule has 0 radical (unpaired) electrons. The van der Waals surface area contributed by atoms with Gasteiger partial charge >= 0.3 is 5.97 Å². The molecule has 1 fully saturated rings. The Hall–Kier alpha value is -2.77. The van der Waals surface area contributed by atoms with Crippen molar-refractivity contribution in [2.75, 3.05) is 7.05 Å². The molecule has 0 aliphatic heterocycles. The first-order chi connectivity index (χ1) is 14.1. The Bertz CT molecular complexity index is 830. The van der Waals surface area contributed by atoms with E-state index in [9.17, 15) is 14.7 Å². The summed E-state index contributed by atoms with van der Waals surface area (Å²) in [5.74, 6) is -0.105. The Labute approximate surface area is 170 Å². The van der Waals surface area contributed by atoms with Gasteiger partial charge in [-0.05, 0) is 24.5 Å². The number of pyridine rings is 1. The number of rotatable bonds is 9. The standard InChI is InChI=1S/C21H28N4O4/c1-22-20(28)15-10-11-23-17(12-15)19-24-21(29-25-19)16(13-18(26)27)9-5-8-14-6-3-2-4-7-14/h10-12,14,16H,2-9,13H2,1H3,(H,22,28)(H,26,27). The highest BCUT2D eigenvalue weighted by Gasteiger charge is 2.24. The van der Waals surface area contributed by atoms with Crippen molar-refractivity contribution in [2.45, 2.75) is 63.7 Å². The van der Waals surface area contributed by atoms with E-state index in [0.29, 0.717) is 23.6 Å². The first-order valence-electron chi connectivity index (χ1n) is 10.3. The lowest BCUT2D eigenvalue weighted by Gasteiger charge is -2.21. The molecule has 0 spiro atoms. The summed E-state index contributed by atoms with van der Waals surface area (Å²) >= 11 is 0. The Morgan fingerprint density at radius 3 is 2.83 bits per heavy atom. The van der Waals surface area contributed by atoms with Crippen LogP contribution in [-0.4, -0.2) is 39.2 Å². The number of nitrogens with zero attached hydrogens (tertiary/aromatic N) is 3. The van der Waals surface area contributed by atoms with Gasteiger partial charge in [0.2, 0.25) is 11.7 Å². The van der Waals surface area contributed by atoms with Gasteiger partial charge in [0, 0.05) is 24.7 Å². The summed E-state index contributed by atoms with van der Waals surface area (Å²) in [7, 11) is 1.55. The quantitative estimate of drug-likeness (QED) is 0.657. The lowest BCUT2D eigenvalue weighted by Crippen LogP contribution is -2.17. The molecule has 0 saturated heterocycles. The zero-order valence-electron chi connectivity index (χ0n) is 16.8. The molecule has 1 saturated carbocycles. The highest BCUT2D eigenvalue weighted by atomic mass is 16.5. The average Bonchev–Trinajstić information content (AvgIpc) is 3.23. The minimum atomic E-state index is -0.882. The SMILES string of the molecule is CNC(=O)c1ccnc(-c2noc(C(CCCC3CCCCC3)CC(=O)O)n2)c1. The van der Waals surface area contributed by atoms with Gasteiger partial charge in [0.05, 0.1) is 6.42 Å². The van der Waals surface area contributed by atoms with Crippen LogP contribution in [0.25, 0.3) is 11.5 Å². The van der Waals surface area contributed by atoms with Crippen LogP contribution >= 0.6 is 0 Å². The number of nitrogens with one attached hydrogen (secondary N) is 1. The molecule has 8 heteroatoms. The smallest absolute Gasteiger partial charge is 0.304 e. The largest absolute Gasteiger partial charge is 0.481 e. The third kappa shape index (κ3) is 5.85. The van der Waals surface area contributed by atoms with E-state index < -0.39 is 5.97 Å². The van der Waals surface area contributed by atoms with Crippen molar-refractivity contribution in [1.82, 2.24) is 20.4 Å². The molecule has 0 bridgehead atoms. The zero-order valence-corrected chi connectivity index (χ0v) is 16.8. The first kappa shape index (κ1) is 21.0. The number of carbonyl (C=O) groups excluding carboxylic acids is 1. The van der Waals surface area contributed by atoms with Crippen LogP contribution in [0.4, 0.5) is 0 Å². The Morgan fingerprint density at radius 2 is 2.10 bits per heavy atom. The van der Waals surface area contributed by atoms with Crippen molar-refractivity contribution >= 4 is 11.9 Å². The van der Waals surface area contributed by atoms with Crippen LogP contribution in [0.3, 0.4) is 0 Å². The summed E-state index contributed by atoms with van der Waals surface area (Å²) in [5, 5.41) is 15.8. The number of carboxylic acid groups (broad SMARTS) is 1. The summed E-state index contributed by atoms with van der Waals surface area (Å²) in [4.78, 5) is 31.7. The number of hydrogen-bond acceptors (Lipinski definition) is 6. The summed E-state index contributed by atoms with van der Waals surface area (Å²) in [5.41, 5.74) is 0.857. The lowest BCUT2D eigenvalue weighted by atomic mass is 9.84. The molecule has 1 unspecified atom stereocenters. The number of aromatic nitrogens is 3. The van der Waals surface area contributed by atoms with Gasteiger partial charge in [-0.1, -0.05) is 50.1 Å². The van der Waals surface area contributed by atoms with Crippen LogP contribution in [0.5, 0.6) is 0 Å². The molecule has 2 N–H and O–H groups in total. The fourth-order valence-corrected chi connectivity index (χ4v) is 4.00. The van der Waals surface area contributed by atoms with Crippen LogP contribution in [0, 0.1) is 5.92 Å². The molecule has 0 aromatic carbocycles. The number of hydrogen-bond donors (Lipinski definition) is 2. The first-order valence-corrected chi connectivity index (χ1v) is 10.3. The highest BCUT2D eigenvalue weighted by molar-refractivity contribution is 5.94. The van der Waals surface area contributed by atoms with Crippen LogP contribution in [0.2, 0.25) is 0 Å². The number of amides is 1. The maximum atomic E-state index is 11.8. The van der Waals surface area contributed by atoms with E-state index in [1.165, 1.54) is 38.3 Å². The topological polar surface area (TPSA) is 118 Å². The maximum Gasteiger partial charge on any atom is 0.304 e. The second-order valence-corrected chi connectivity index (χ2v) is 7.69. The van der Waals surface area contributed by atoms with Crippen molar-refractivity contribution in [3.8, 4) is 11.5 Å². The predicted molar refractivity (Wildman–Crippen MR) is 106 cm³/mol. The molecule has 29 heavy (non-hydrogen) atoms. The molecule has 2 aromatic heterocycles. The molecule has 8 nitrogen and oxygen atoms in total. The molecule has 1 aliphatic rings. The van der Waals surface area contributed by atoms with Crippen LogP contribution in [-0.2, 0) is 4.79 Å². The Morgan fingerprint density at radius 1 is 1.31 bits per heavy atom. The third-order valence-electron chi connectivity index (χ3n) is 5.58. The van der Waals surface area contributed by atoms with Gasteiger partial charge in [-0.25, -0.2) is 0 Å². The molecule has 2 aromatic rings. The van der Waals surface area contributed by atoms with Crippen LogP contribution in [0.1, 0.15) is 80.0 Å². The summed E-state index contributed by atoms with van der Waals surface area (Å²) in [6, 6.07) is 3.19. The van der Waals surface area contributed by atoms with Crippen molar-refractivity contribution < 1.29 is 19.2 Å². The van der Waals surface area contributed by atoms with E-state index in [1.807, 2.05) is 0 Å². The number of carboxylic acids is 1.